The van der Waals surface area contributed by atoms with E-state index in [2.05, 4.69) is 373 Å². The van der Waals surface area contributed by atoms with Crippen LogP contribution < -0.4 is 0 Å². The van der Waals surface area contributed by atoms with Crippen molar-refractivity contribution in [3.05, 3.63) is 379 Å². The lowest BCUT2D eigenvalue weighted by Gasteiger charge is -2.34. The third kappa shape index (κ3) is 8.10. The summed E-state index contributed by atoms with van der Waals surface area (Å²) in [4.78, 5) is 0. The molecule has 0 amide bonds. The molecule has 2 aliphatic carbocycles. The molecule has 2 aliphatic rings. The summed E-state index contributed by atoms with van der Waals surface area (Å²) in [6.45, 7) is 4.74. The van der Waals surface area contributed by atoms with E-state index >= 15 is 0 Å². The Morgan fingerprint density at radius 2 is 0.619 bits per heavy atom. The molecule has 97 heavy (non-hydrogen) atoms. The van der Waals surface area contributed by atoms with Crippen molar-refractivity contribution in [3.63, 3.8) is 0 Å². The minimum absolute atomic E-state index is 0.0946. The second-order valence-electron chi connectivity index (χ2n) is 27.1. The van der Waals surface area contributed by atoms with Gasteiger partial charge in [-0.2, -0.15) is 0 Å². The largest absolute Gasteiger partial charge is 0.309 e. The fraction of sp³-hybridized carbons (Fsp3) is 0.0426. The maximum absolute atomic E-state index is 2.55. The van der Waals surface area contributed by atoms with Gasteiger partial charge in [0.2, 0.25) is 0 Å². The van der Waals surface area contributed by atoms with Gasteiger partial charge in [0.1, 0.15) is 0 Å². The third-order valence-electron chi connectivity index (χ3n) is 21.7. The van der Waals surface area contributed by atoms with Crippen molar-refractivity contribution >= 4 is 65.4 Å². The highest BCUT2D eigenvalue weighted by Crippen LogP contribution is 2.58. The zero-order valence-corrected chi connectivity index (χ0v) is 53.8. The molecule has 0 atom stereocenters. The molecule has 20 rings (SSSR count). The lowest BCUT2D eigenvalue weighted by atomic mass is 9.67. The zero-order valence-electron chi connectivity index (χ0n) is 53.8. The SMILES string of the molecule is CC1(C)c2ccccc2-c2cc3c4ccccc4n(-c4ccc(-c5ccc(-n6c7ccccc7c7c(-c8ccc9c(c8)c8cc%10c(cc8n9-c8cc(-c9ccccc9)cc(-c9ccccc9)c8)C(c8ccccc8)(c8ccccc8)c8ccccc8-%10)cccc76)cc5)cc4)c3cc21. The second kappa shape index (κ2) is 21.1. The predicted octanol–water partition coefficient (Wildman–Crippen LogP) is 24.3. The maximum atomic E-state index is 2.55. The molecule has 3 aromatic heterocycles. The number of fused-ring (bicyclic) bond motifs is 15. The first-order valence-electron chi connectivity index (χ1n) is 33.9. The normalized spacial score (nSPS) is 13.4. The summed E-state index contributed by atoms with van der Waals surface area (Å²) < 4.78 is 7.47. The number of nitrogens with zero attached hydrogens (tertiary/aromatic N) is 3. The number of rotatable bonds is 9. The van der Waals surface area contributed by atoms with Gasteiger partial charge in [0.15, 0.2) is 0 Å². The molecule has 3 nitrogen and oxygen atoms in total. The lowest BCUT2D eigenvalue weighted by Crippen LogP contribution is -2.28. The monoisotopic (exact) mass is 1230 g/mol. The lowest BCUT2D eigenvalue weighted by molar-refractivity contribution is 0.661. The average molecular weight is 1230 g/mol. The van der Waals surface area contributed by atoms with Crippen molar-refractivity contribution in [1.29, 1.82) is 0 Å². The summed E-state index contributed by atoms with van der Waals surface area (Å²) in [5.74, 6) is 0. The molecule has 0 radical (unpaired) electrons. The van der Waals surface area contributed by atoms with Crippen LogP contribution in [0, 0.1) is 0 Å². The highest BCUT2D eigenvalue weighted by molar-refractivity contribution is 6.18. The smallest absolute Gasteiger partial charge is 0.0714 e. The Morgan fingerprint density at radius 3 is 1.24 bits per heavy atom. The number of para-hydroxylation sites is 2. The molecular formula is C94H63N3. The van der Waals surface area contributed by atoms with E-state index in [4.69, 9.17) is 0 Å². The molecule has 0 unspecified atom stereocenters. The van der Waals surface area contributed by atoms with Crippen LogP contribution >= 0.6 is 0 Å². The quantitative estimate of drug-likeness (QED) is 0.137. The van der Waals surface area contributed by atoms with Crippen LogP contribution in [0.4, 0.5) is 0 Å². The molecule has 3 heteroatoms. The van der Waals surface area contributed by atoms with Gasteiger partial charge in [0.25, 0.3) is 0 Å². The summed E-state index contributed by atoms with van der Waals surface area (Å²) in [5.41, 5.74) is 32.3. The molecule has 0 fully saturated rings. The minimum Gasteiger partial charge on any atom is -0.309 e. The fourth-order valence-electron chi connectivity index (χ4n) is 17.3. The second-order valence-corrected chi connectivity index (χ2v) is 27.1. The number of benzene rings is 15. The van der Waals surface area contributed by atoms with Gasteiger partial charge in [-0.15, -0.1) is 0 Å². The van der Waals surface area contributed by atoms with Crippen molar-refractivity contribution in [2.75, 3.05) is 0 Å². The summed E-state index contributed by atoms with van der Waals surface area (Å²) in [5, 5.41) is 7.42. The van der Waals surface area contributed by atoms with Gasteiger partial charge in [-0.05, 0) is 197 Å². The Labute approximate surface area is 563 Å². The Kier molecular flexibility index (Phi) is 12.0. The van der Waals surface area contributed by atoms with Gasteiger partial charge in [-0.1, -0.05) is 263 Å². The van der Waals surface area contributed by atoms with Crippen LogP contribution in [-0.2, 0) is 10.8 Å². The highest BCUT2D eigenvalue weighted by Gasteiger charge is 2.47. The summed E-state index contributed by atoms with van der Waals surface area (Å²) >= 11 is 0. The Morgan fingerprint density at radius 1 is 0.206 bits per heavy atom. The number of hydrogen-bond acceptors (Lipinski definition) is 0. The first-order chi connectivity index (χ1) is 47.9. The molecule has 0 N–H and O–H groups in total. The standard InChI is InChI=1S/C94H63N3/c1-93(2)82-37-19-15-32-73(82)77-56-80-75-34-17-21-39-86(75)96(90(80)58-84(77)93)70-49-44-63(45-50-70)62-42-47-69(48-43-62)95-87-40-22-18-35-76(87)92-72(36-23-41-89(92)95)64-46-51-88-79(55-64)81-57-78-74-33-16-20-38-83(74)94(67-28-11-5-12-29-67,68-30-13-6-14-31-68)85(78)59-91(81)97(88)71-53-65(60-24-7-3-8-25-60)52-66(54-71)61-26-9-4-10-27-61/h3-59H,1-2H3. The Balaban J connectivity index is 0.736. The van der Waals surface area contributed by atoms with Gasteiger partial charge in [0, 0.05) is 54.8 Å². The van der Waals surface area contributed by atoms with Crippen LogP contribution in [0.2, 0.25) is 0 Å². The molecule has 18 aromatic rings. The zero-order chi connectivity index (χ0) is 64.1. The molecule has 3 heterocycles. The number of aromatic nitrogens is 3. The molecule has 0 aliphatic heterocycles. The van der Waals surface area contributed by atoms with Gasteiger partial charge in [-0.25, -0.2) is 0 Å². The van der Waals surface area contributed by atoms with E-state index in [1.54, 1.807) is 0 Å². The summed E-state index contributed by atoms with van der Waals surface area (Å²) in [7, 11) is 0. The van der Waals surface area contributed by atoms with E-state index in [1.807, 2.05) is 0 Å². The fourth-order valence-corrected chi connectivity index (χ4v) is 17.3. The predicted molar refractivity (Wildman–Crippen MR) is 406 cm³/mol. The van der Waals surface area contributed by atoms with Crippen LogP contribution in [0.25, 0.3) is 149 Å². The highest BCUT2D eigenvalue weighted by atomic mass is 15.0. The van der Waals surface area contributed by atoms with E-state index < -0.39 is 5.41 Å². The number of hydrogen-bond donors (Lipinski definition) is 0. The van der Waals surface area contributed by atoms with Gasteiger partial charge in [0.05, 0.1) is 38.5 Å². The van der Waals surface area contributed by atoms with E-state index in [0.717, 1.165) is 28.1 Å². The average Bonchev–Trinajstić information content (AvgIpc) is 1.54. The van der Waals surface area contributed by atoms with Crippen LogP contribution in [0.5, 0.6) is 0 Å². The van der Waals surface area contributed by atoms with Crippen LogP contribution in [0.1, 0.15) is 47.2 Å². The summed E-state index contributed by atoms with van der Waals surface area (Å²) in [6, 6.07) is 130. The molecule has 0 spiro atoms. The van der Waals surface area contributed by atoms with E-state index in [0.29, 0.717) is 0 Å². The summed E-state index contributed by atoms with van der Waals surface area (Å²) in [6.07, 6.45) is 0. The molecule has 0 saturated heterocycles. The molecule has 0 saturated carbocycles. The van der Waals surface area contributed by atoms with Crippen molar-refractivity contribution in [1.82, 2.24) is 13.7 Å². The Hall–Kier alpha value is -12.3. The molecule has 15 aromatic carbocycles. The molecule has 454 valence electrons. The van der Waals surface area contributed by atoms with Crippen LogP contribution in [-0.4, -0.2) is 13.7 Å². The third-order valence-corrected chi connectivity index (χ3v) is 21.7. The van der Waals surface area contributed by atoms with Crippen molar-refractivity contribution < 1.29 is 0 Å². The van der Waals surface area contributed by atoms with E-state index in [9.17, 15) is 0 Å². The van der Waals surface area contributed by atoms with E-state index in [-0.39, 0.29) is 5.41 Å². The van der Waals surface area contributed by atoms with Gasteiger partial charge < -0.3 is 13.7 Å². The minimum atomic E-state index is -0.575. The van der Waals surface area contributed by atoms with E-state index in [1.165, 1.54) is 155 Å². The van der Waals surface area contributed by atoms with Crippen LogP contribution in [0.15, 0.2) is 346 Å². The van der Waals surface area contributed by atoms with Gasteiger partial charge in [-0.3, -0.25) is 0 Å². The molecule has 0 bridgehead atoms. The van der Waals surface area contributed by atoms with Crippen molar-refractivity contribution in [2.24, 2.45) is 0 Å². The van der Waals surface area contributed by atoms with Crippen molar-refractivity contribution in [3.8, 4) is 83.8 Å². The maximum Gasteiger partial charge on any atom is 0.0714 e. The van der Waals surface area contributed by atoms with Gasteiger partial charge >= 0.3 is 0 Å². The first kappa shape index (κ1) is 55.2. The van der Waals surface area contributed by atoms with Crippen LogP contribution in [0.3, 0.4) is 0 Å². The topological polar surface area (TPSA) is 14.8 Å². The van der Waals surface area contributed by atoms with Crippen molar-refractivity contribution in [2.45, 2.75) is 24.7 Å². The first-order valence-corrected chi connectivity index (χ1v) is 33.9. The molecular weight excluding hydrogens is 1170 g/mol. The Bertz CT molecular complexity index is 6130.